The number of aliphatic hydroxyl groups excluding tert-OH is 2. The predicted molar refractivity (Wildman–Crippen MR) is 46.3 cm³/mol. The van der Waals surface area contributed by atoms with Crippen LogP contribution >= 0.6 is 0 Å². The van der Waals surface area contributed by atoms with Crippen LogP contribution in [0.25, 0.3) is 0 Å². The molecule has 0 aliphatic heterocycles. The smallest absolute Gasteiger partial charge is 0.0613 e. The number of rotatable bonds is 5. The lowest BCUT2D eigenvalue weighted by atomic mass is 9.90. The van der Waals surface area contributed by atoms with Gasteiger partial charge in [0, 0.05) is 12.5 Å². The van der Waals surface area contributed by atoms with Gasteiger partial charge in [-0.25, -0.2) is 0 Å². The summed E-state index contributed by atoms with van der Waals surface area (Å²) in [5, 5.41) is 18.5. The molecule has 0 aliphatic rings. The normalized spacial score (nSPS) is 16.9. The van der Waals surface area contributed by atoms with Crippen molar-refractivity contribution >= 4 is 0 Å². The van der Waals surface area contributed by atoms with Crippen LogP contribution in [-0.4, -0.2) is 22.9 Å². The highest BCUT2D eigenvalue weighted by molar-refractivity contribution is 4.70. The van der Waals surface area contributed by atoms with Crippen LogP contribution in [0.4, 0.5) is 0 Å². The zero-order valence-corrected chi connectivity index (χ0v) is 7.75. The molecule has 2 atom stereocenters. The van der Waals surface area contributed by atoms with Crippen molar-refractivity contribution < 1.29 is 10.2 Å². The quantitative estimate of drug-likeness (QED) is 0.638. The molecule has 11 heavy (non-hydrogen) atoms. The van der Waals surface area contributed by atoms with E-state index in [1.165, 1.54) is 0 Å². The standard InChI is InChI=1S/C9H20O2/c1-4-5-8(6-10)9(11)7(2)3/h7-11H,4-6H2,1-3H3. The van der Waals surface area contributed by atoms with E-state index in [0.717, 1.165) is 12.8 Å². The molecular weight excluding hydrogens is 140 g/mol. The van der Waals surface area contributed by atoms with Crippen molar-refractivity contribution in [1.29, 1.82) is 0 Å². The highest BCUT2D eigenvalue weighted by Crippen LogP contribution is 2.16. The first-order valence-electron chi connectivity index (χ1n) is 4.42. The summed E-state index contributed by atoms with van der Waals surface area (Å²) in [5.41, 5.74) is 0. The summed E-state index contributed by atoms with van der Waals surface area (Å²) < 4.78 is 0. The summed E-state index contributed by atoms with van der Waals surface area (Å²) in [7, 11) is 0. The van der Waals surface area contributed by atoms with E-state index in [1.807, 2.05) is 13.8 Å². The van der Waals surface area contributed by atoms with Gasteiger partial charge in [-0.2, -0.15) is 0 Å². The Labute approximate surface area is 69.2 Å². The van der Waals surface area contributed by atoms with Crippen molar-refractivity contribution in [3.8, 4) is 0 Å². The van der Waals surface area contributed by atoms with Gasteiger partial charge in [-0.15, -0.1) is 0 Å². The van der Waals surface area contributed by atoms with Gasteiger partial charge in [-0.1, -0.05) is 27.2 Å². The van der Waals surface area contributed by atoms with Crippen LogP contribution in [0.15, 0.2) is 0 Å². The maximum atomic E-state index is 9.56. The van der Waals surface area contributed by atoms with E-state index in [2.05, 4.69) is 6.92 Å². The molecule has 0 saturated carbocycles. The molecule has 0 aromatic rings. The van der Waals surface area contributed by atoms with E-state index in [0.29, 0.717) is 0 Å². The summed E-state index contributed by atoms with van der Waals surface area (Å²) in [6.07, 6.45) is 1.59. The topological polar surface area (TPSA) is 40.5 Å². The van der Waals surface area contributed by atoms with Crippen molar-refractivity contribution in [2.75, 3.05) is 6.61 Å². The van der Waals surface area contributed by atoms with Crippen molar-refractivity contribution in [2.24, 2.45) is 11.8 Å². The maximum absolute atomic E-state index is 9.56. The van der Waals surface area contributed by atoms with E-state index in [9.17, 15) is 5.11 Å². The Bertz CT molecular complexity index is 91.6. The van der Waals surface area contributed by atoms with Crippen LogP contribution in [0, 0.1) is 11.8 Å². The fraction of sp³-hybridized carbons (Fsp3) is 1.00. The molecule has 68 valence electrons. The largest absolute Gasteiger partial charge is 0.396 e. The van der Waals surface area contributed by atoms with Gasteiger partial charge < -0.3 is 10.2 Å². The molecular formula is C9H20O2. The third-order valence-electron chi connectivity index (χ3n) is 2.06. The van der Waals surface area contributed by atoms with Crippen LogP contribution in [-0.2, 0) is 0 Å². The second-order valence-corrected chi connectivity index (χ2v) is 3.47. The molecule has 0 bridgehead atoms. The van der Waals surface area contributed by atoms with E-state index < -0.39 is 0 Å². The summed E-state index contributed by atoms with van der Waals surface area (Å²) in [5.74, 6) is 0.318. The highest BCUT2D eigenvalue weighted by Gasteiger charge is 2.19. The molecule has 2 unspecified atom stereocenters. The minimum Gasteiger partial charge on any atom is -0.396 e. The third-order valence-corrected chi connectivity index (χ3v) is 2.06. The molecule has 0 fully saturated rings. The zero-order chi connectivity index (χ0) is 8.85. The Morgan fingerprint density at radius 3 is 2.09 bits per heavy atom. The molecule has 2 nitrogen and oxygen atoms in total. The van der Waals surface area contributed by atoms with Gasteiger partial charge in [0.1, 0.15) is 0 Å². The Morgan fingerprint density at radius 1 is 1.27 bits per heavy atom. The molecule has 0 heterocycles. The molecule has 0 aromatic carbocycles. The minimum atomic E-state index is -0.347. The van der Waals surface area contributed by atoms with Crippen molar-refractivity contribution in [1.82, 2.24) is 0 Å². The van der Waals surface area contributed by atoms with Gasteiger partial charge in [-0.05, 0) is 12.3 Å². The maximum Gasteiger partial charge on any atom is 0.0613 e. The average molecular weight is 160 g/mol. The van der Waals surface area contributed by atoms with Crippen LogP contribution in [0.3, 0.4) is 0 Å². The second-order valence-electron chi connectivity index (χ2n) is 3.47. The molecule has 0 aliphatic carbocycles. The second kappa shape index (κ2) is 5.56. The molecule has 0 rings (SSSR count). The minimum absolute atomic E-state index is 0.0694. The zero-order valence-electron chi connectivity index (χ0n) is 7.75. The average Bonchev–Trinajstić information content (AvgIpc) is 1.98. The molecule has 2 N–H and O–H groups in total. The van der Waals surface area contributed by atoms with Crippen LogP contribution in [0.1, 0.15) is 33.6 Å². The monoisotopic (exact) mass is 160 g/mol. The van der Waals surface area contributed by atoms with E-state index in [-0.39, 0.29) is 24.5 Å². The SMILES string of the molecule is CCCC(CO)C(O)C(C)C. The van der Waals surface area contributed by atoms with Crippen molar-refractivity contribution in [2.45, 2.75) is 39.7 Å². The number of aliphatic hydroxyl groups is 2. The van der Waals surface area contributed by atoms with Crippen LogP contribution in [0.5, 0.6) is 0 Å². The van der Waals surface area contributed by atoms with Gasteiger partial charge in [-0.3, -0.25) is 0 Å². The van der Waals surface area contributed by atoms with Gasteiger partial charge >= 0.3 is 0 Å². The summed E-state index contributed by atoms with van der Waals surface area (Å²) >= 11 is 0. The lowest BCUT2D eigenvalue weighted by Crippen LogP contribution is -2.28. The summed E-state index contributed by atoms with van der Waals surface area (Å²) in [6, 6.07) is 0. The first-order chi connectivity index (χ1) is 5.13. The van der Waals surface area contributed by atoms with E-state index in [1.54, 1.807) is 0 Å². The van der Waals surface area contributed by atoms with Crippen LogP contribution < -0.4 is 0 Å². The molecule has 0 spiro atoms. The lowest BCUT2D eigenvalue weighted by molar-refractivity contribution is 0.0294. The van der Waals surface area contributed by atoms with Gasteiger partial charge in [0.05, 0.1) is 6.10 Å². The fourth-order valence-corrected chi connectivity index (χ4v) is 1.29. The lowest BCUT2D eigenvalue weighted by Gasteiger charge is -2.23. The third kappa shape index (κ3) is 3.73. The Morgan fingerprint density at radius 2 is 1.82 bits per heavy atom. The van der Waals surface area contributed by atoms with Crippen molar-refractivity contribution in [3.63, 3.8) is 0 Å². The summed E-state index contributed by atoms with van der Waals surface area (Å²) in [6.45, 7) is 6.12. The summed E-state index contributed by atoms with van der Waals surface area (Å²) in [4.78, 5) is 0. The molecule has 0 aromatic heterocycles. The van der Waals surface area contributed by atoms with Crippen LogP contribution in [0.2, 0.25) is 0 Å². The molecule has 0 amide bonds. The first-order valence-corrected chi connectivity index (χ1v) is 4.42. The highest BCUT2D eigenvalue weighted by atomic mass is 16.3. The number of hydrogen-bond donors (Lipinski definition) is 2. The molecule has 2 heteroatoms. The fourth-order valence-electron chi connectivity index (χ4n) is 1.29. The molecule has 0 saturated heterocycles. The van der Waals surface area contributed by atoms with E-state index >= 15 is 0 Å². The molecule has 0 radical (unpaired) electrons. The van der Waals surface area contributed by atoms with Gasteiger partial charge in [0.2, 0.25) is 0 Å². The van der Waals surface area contributed by atoms with Gasteiger partial charge in [0.25, 0.3) is 0 Å². The first kappa shape index (κ1) is 10.9. The van der Waals surface area contributed by atoms with E-state index in [4.69, 9.17) is 5.11 Å². The van der Waals surface area contributed by atoms with Gasteiger partial charge in [0.15, 0.2) is 0 Å². The Hall–Kier alpha value is -0.0800. The number of hydrogen-bond acceptors (Lipinski definition) is 2. The predicted octanol–water partition coefficient (Wildman–Crippen LogP) is 1.41. The Balaban J connectivity index is 3.81. The Kier molecular flexibility index (Phi) is 5.51. The van der Waals surface area contributed by atoms with Crippen molar-refractivity contribution in [3.05, 3.63) is 0 Å².